The number of hydrogen-bond donors (Lipinski definition) is 0. The van der Waals surface area contributed by atoms with Gasteiger partial charge in [-0.2, -0.15) is 0 Å². The minimum atomic E-state index is -1.68. The first kappa shape index (κ1) is 35.2. The fraction of sp³-hybridized carbons (Fsp3) is 0.146. The summed E-state index contributed by atoms with van der Waals surface area (Å²) in [7, 11) is 0. The molecule has 11 nitrogen and oxygen atoms in total. The molecule has 0 aliphatic carbocycles. The summed E-state index contributed by atoms with van der Waals surface area (Å²) in [5, 5.41) is 0. The second kappa shape index (κ2) is 16.9. The molecule has 5 atom stereocenters. The van der Waals surface area contributed by atoms with Crippen LogP contribution in [0.25, 0.3) is 0 Å². The van der Waals surface area contributed by atoms with Gasteiger partial charge in [0.15, 0.2) is 12.2 Å². The van der Waals surface area contributed by atoms with Crippen molar-refractivity contribution in [1.82, 2.24) is 0 Å². The van der Waals surface area contributed by atoms with Gasteiger partial charge in [-0.1, -0.05) is 91.0 Å². The van der Waals surface area contributed by atoms with Crippen LogP contribution < -0.4 is 0 Å². The lowest BCUT2D eigenvalue weighted by atomic mass is 10.0. The first-order valence-electron chi connectivity index (χ1n) is 16.3. The minimum Gasteiger partial charge on any atom is -0.458 e. The van der Waals surface area contributed by atoms with E-state index >= 15 is 0 Å². The van der Waals surface area contributed by atoms with E-state index in [1.165, 1.54) is 48.5 Å². The van der Waals surface area contributed by atoms with Gasteiger partial charge in [-0.25, -0.2) is 24.0 Å². The van der Waals surface area contributed by atoms with E-state index < -0.39 is 67.2 Å². The van der Waals surface area contributed by atoms with Crippen LogP contribution in [0, 0.1) is 0 Å². The lowest BCUT2D eigenvalue weighted by Crippen LogP contribution is -2.47. The van der Waals surface area contributed by atoms with E-state index in [0.717, 1.165) is 0 Å². The maximum Gasteiger partial charge on any atom is 0.340 e. The highest BCUT2D eigenvalue weighted by Crippen LogP contribution is 2.33. The Morgan fingerprint density at radius 2 is 0.788 bits per heavy atom. The van der Waals surface area contributed by atoms with Gasteiger partial charge in [-0.05, 0) is 60.7 Å². The van der Waals surface area contributed by atoms with Crippen molar-refractivity contribution in [3.05, 3.63) is 179 Å². The predicted octanol–water partition coefficient (Wildman–Crippen LogP) is 6.10. The molecule has 52 heavy (non-hydrogen) atoms. The highest BCUT2D eigenvalue weighted by atomic mass is 16.8. The predicted molar refractivity (Wildman–Crippen MR) is 184 cm³/mol. The summed E-state index contributed by atoms with van der Waals surface area (Å²) >= 11 is 0. The third-order valence-corrected chi connectivity index (χ3v) is 7.97. The van der Waals surface area contributed by atoms with Gasteiger partial charge in [0.05, 0.1) is 27.8 Å². The number of ether oxygens (including phenoxy) is 6. The second-order valence-corrected chi connectivity index (χ2v) is 11.5. The first-order valence-corrected chi connectivity index (χ1v) is 16.3. The Balaban J connectivity index is 1.38. The molecular weight excluding hydrogens is 668 g/mol. The summed E-state index contributed by atoms with van der Waals surface area (Å²) in [5.41, 5.74) is 0.837. The summed E-state index contributed by atoms with van der Waals surface area (Å²) in [4.78, 5) is 67.0. The van der Waals surface area contributed by atoms with Crippen molar-refractivity contribution in [2.75, 3.05) is 6.61 Å². The van der Waals surface area contributed by atoms with E-state index in [1.807, 2.05) is 0 Å². The molecular formula is C41H32O11. The van der Waals surface area contributed by atoms with E-state index in [9.17, 15) is 24.0 Å². The van der Waals surface area contributed by atoms with E-state index in [-0.39, 0.29) is 27.8 Å². The van der Waals surface area contributed by atoms with Crippen LogP contribution in [0.1, 0.15) is 51.8 Å². The van der Waals surface area contributed by atoms with Crippen LogP contribution in [0.5, 0.6) is 0 Å². The molecule has 1 aliphatic heterocycles. The molecule has 0 N–H and O–H groups in total. The van der Waals surface area contributed by atoms with Crippen LogP contribution in [0.4, 0.5) is 0 Å². The molecule has 1 fully saturated rings. The molecule has 262 valence electrons. The lowest BCUT2D eigenvalue weighted by molar-refractivity contribution is -0.156. The van der Waals surface area contributed by atoms with Crippen LogP contribution in [0.3, 0.4) is 0 Å². The molecule has 0 bridgehead atoms. The molecule has 5 unspecified atom stereocenters. The summed E-state index contributed by atoms with van der Waals surface area (Å²) < 4.78 is 35.3. The van der Waals surface area contributed by atoms with E-state index in [1.54, 1.807) is 103 Å². The Morgan fingerprint density at radius 1 is 0.442 bits per heavy atom. The van der Waals surface area contributed by atoms with Gasteiger partial charge < -0.3 is 28.4 Å². The number of rotatable bonds is 12. The van der Waals surface area contributed by atoms with Gasteiger partial charge in [-0.3, -0.25) is 0 Å². The van der Waals surface area contributed by atoms with Crippen LogP contribution in [-0.4, -0.2) is 67.2 Å². The van der Waals surface area contributed by atoms with Crippen molar-refractivity contribution in [3.63, 3.8) is 0 Å². The maximum atomic E-state index is 13.6. The lowest BCUT2D eigenvalue weighted by Gasteiger charge is -2.28. The van der Waals surface area contributed by atoms with Crippen LogP contribution in [0.2, 0.25) is 0 Å². The smallest absolute Gasteiger partial charge is 0.340 e. The molecule has 0 radical (unpaired) electrons. The largest absolute Gasteiger partial charge is 0.458 e. The summed E-state index contributed by atoms with van der Waals surface area (Å²) in [6, 6.07) is 40.1. The zero-order valence-electron chi connectivity index (χ0n) is 27.5. The van der Waals surface area contributed by atoms with Gasteiger partial charge in [-0.15, -0.1) is 0 Å². The number of carbonyl (C=O) groups is 5. The Hall–Kier alpha value is -6.59. The second-order valence-electron chi connectivity index (χ2n) is 11.5. The number of carbonyl (C=O) groups excluding carboxylic acids is 5. The summed E-state index contributed by atoms with van der Waals surface area (Å²) in [5.74, 6) is -4.08. The molecule has 0 amide bonds. The van der Waals surface area contributed by atoms with E-state index in [0.29, 0.717) is 0 Å². The number of hydrogen-bond acceptors (Lipinski definition) is 11. The third kappa shape index (κ3) is 8.76. The van der Waals surface area contributed by atoms with Gasteiger partial charge in [0, 0.05) is 0 Å². The van der Waals surface area contributed by atoms with Gasteiger partial charge >= 0.3 is 29.8 Å². The third-order valence-electron chi connectivity index (χ3n) is 7.97. The average molecular weight is 701 g/mol. The van der Waals surface area contributed by atoms with Crippen molar-refractivity contribution in [2.45, 2.75) is 30.7 Å². The Labute approximate surface area is 298 Å². The normalized spacial score (nSPS) is 18.3. The standard InChI is InChI=1S/C41H32O11/c42-36(27-16-6-1-7-17-27)47-26-32(48-37(43)28-18-8-2-9-19-28)33-34(49-38(44)29-20-10-3-11-21-29)35(50-39(45)30-22-12-4-13-23-30)41(51-33)52-40(46)31-24-14-5-15-25-31/h1-25,32-35,41H,26H2. The van der Waals surface area contributed by atoms with Gasteiger partial charge in [0.1, 0.15) is 12.7 Å². The molecule has 1 aliphatic rings. The zero-order valence-corrected chi connectivity index (χ0v) is 27.5. The average Bonchev–Trinajstić information content (AvgIpc) is 3.52. The number of benzene rings is 5. The van der Waals surface area contributed by atoms with Crippen molar-refractivity contribution < 1.29 is 52.4 Å². The molecule has 6 rings (SSSR count). The fourth-order valence-electron chi connectivity index (χ4n) is 5.37. The molecule has 0 spiro atoms. The van der Waals surface area contributed by atoms with Crippen LogP contribution in [-0.2, 0) is 28.4 Å². The molecule has 0 aromatic heterocycles. The Bertz CT molecular complexity index is 1970. The first-order chi connectivity index (χ1) is 25.4. The van der Waals surface area contributed by atoms with E-state index in [4.69, 9.17) is 28.4 Å². The topological polar surface area (TPSA) is 141 Å². The minimum absolute atomic E-state index is 0.146. The SMILES string of the molecule is O=C(OCC(OC(=O)c1ccccc1)C1OC(OC(=O)c2ccccc2)C(OC(=O)c2ccccc2)C1OC(=O)c1ccccc1)c1ccccc1. The van der Waals surface area contributed by atoms with E-state index in [2.05, 4.69) is 0 Å². The van der Waals surface area contributed by atoms with Crippen molar-refractivity contribution in [1.29, 1.82) is 0 Å². The highest BCUT2D eigenvalue weighted by molar-refractivity contribution is 5.92. The van der Waals surface area contributed by atoms with Gasteiger partial charge in [0.2, 0.25) is 12.4 Å². The number of esters is 5. The Morgan fingerprint density at radius 3 is 1.21 bits per heavy atom. The molecule has 5 aromatic rings. The maximum absolute atomic E-state index is 13.6. The zero-order chi connectivity index (χ0) is 36.3. The molecule has 11 heteroatoms. The molecule has 1 saturated heterocycles. The van der Waals surface area contributed by atoms with Crippen molar-refractivity contribution >= 4 is 29.8 Å². The highest BCUT2D eigenvalue weighted by Gasteiger charge is 2.56. The van der Waals surface area contributed by atoms with Crippen LogP contribution in [0.15, 0.2) is 152 Å². The molecule has 1 heterocycles. The van der Waals surface area contributed by atoms with Crippen molar-refractivity contribution in [2.24, 2.45) is 0 Å². The van der Waals surface area contributed by atoms with Crippen LogP contribution >= 0.6 is 0 Å². The quantitative estimate of drug-likeness (QED) is 0.110. The monoisotopic (exact) mass is 700 g/mol. The fourth-order valence-corrected chi connectivity index (χ4v) is 5.37. The molecule has 5 aromatic carbocycles. The molecule has 0 saturated carbocycles. The van der Waals surface area contributed by atoms with Gasteiger partial charge in [0.25, 0.3) is 0 Å². The summed E-state index contributed by atoms with van der Waals surface area (Å²) in [6.45, 7) is -0.588. The van der Waals surface area contributed by atoms with Crippen molar-refractivity contribution in [3.8, 4) is 0 Å². The Kier molecular flexibility index (Phi) is 11.4. The summed E-state index contributed by atoms with van der Waals surface area (Å²) in [6.07, 6.45) is -7.79.